The van der Waals surface area contributed by atoms with Crippen LogP contribution in [0.4, 0.5) is 13.2 Å². The maximum Gasteiger partial charge on any atom is 0.254 e. The molecule has 0 aliphatic carbocycles. The van der Waals surface area contributed by atoms with Crippen molar-refractivity contribution < 1.29 is 18.0 Å². The molecule has 0 saturated heterocycles. The second kappa shape index (κ2) is 7.63. The largest absolute Gasteiger partial charge is 0.335 e. The maximum absolute atomic E-state index is 13.3. The van der Waals surface area contributed by atoms with E-state index in [1.165, 1.54) is 11.0 Å². The number of rotatable bonds is 6. The molecule has 0 aliphatic rings. The quantitative estimate of drug-likeness (QED) is 0.583. The van der Waals surface area contributed by atoms with Gasteiger partial charge in [0.05, 0.1) is 0 Å². The Labute approximate surface area is 132 Å². The van der Waals surface area contributed by atoms with E-state index in [0.717, 1.165) is 5.56 Å². The Balaban J connectivity index is 2.16. The van der Waals surface area contributed by atoms with Crippen molar-refractivity contribution in [2.45, 2.75) is 6.42 Å². The Morgan fingerprint density at radius 1 is 1.09 bits per heavy atom. The van der Waals surface area contributed by atoms with Crippen LogP contribution in [-0.2, 0) is 6.42 Å². The fourth-order valence-electron chi connectivity index (χ4n) is 2.20. The van der Waals surface area contributed by atoms with Crippen LogP contribution in [0.5, 0.6) is 0 Å². The van der Waals surface area contributed by atoms with E-state index in [9.17, 15) is 18.0 Å². The summed E-state index contributed by atoms with van der Waals surface area (Å²) < 4.78 is 39.6. The van der Waals surface area contributed by atoms with E-state index in [1.54, 1.807) is 0 Å². The molecule has 2 nitrogen and oxygen atoms in total. The molecule has 0 unspecified atom stereocenters. The van der Waals surface area contributed by atoms with Crippen molar-refractivity contribution in [2.75, 3.05) is 13.1 Å². The number of hydrogen-bond acceptors (Lipinski definition) is 1. The van der Waals surface area contributed by atoms with Crippen LogP contribution in [0.25, 0.3) is 0 Å². The number of hydrogen-bond donors (Lipinski definition) is 0. The van der Waals surface area contributed by atoms with Gasteiger partial charge >= 0.3 is 0 Å². The Morgan fingerprint density at radius 3 is 2.26 bits per heavy atom. The Bertz CT molecular complexity index is 678. The lowest BCUT2D eigenvalue weighted by Gasteiger charge is -2.21. The molecule has 0 spiro atoms. The van der Waals surface area contributed by atoms with Gasteiger partial charge in [-0.25, -0.2) is 13.2 Å². The number of carbonyl (C=O) groups excluding carboxylic acids is 1. The molecule has 0 heterocycles. The van der Waals surface area contributed by atoms with E-state index < -0.39 is 23.4 Å². The first-order chi connectivity index (χ1) is 11.0. The molecule has 0 aliphatic heterocycles. The number of carbonyl (C=O) groups is 1. The van der Waals surface area contributed by atoms with Gasteiger partial charge in [0.2, 0.25) is 0 Å². The molecule has 23 heavy (non-hydrogen) atoms. The summed E-state index contributed by atoms with van der Waals surface area (Å²) in [5, 5.41) is 0. The molecule has 0 aromatic heterocycles. The normalized spacial score (nSPS) is 10.4. The summed E-state index contributed by atoms with van der Waals surface area (Å²) >= 11 is 0. The fraction of sp³-hybridized carbons (Fsp3) is 0.167. The third-order valence-corrected chi connectivity index (χ3v) is 3.38. The minimum Gasteiger partial charge on any atom is -0.335 e. The summed E-state index contributed by atoms with van der Waals surface area (Å²) in [5.74, 6) is -4.91. The van der Waals surface area contributed by atoms with E-state index >= 15 is 0 Å². The zero-order valence-electron chi connectivity index (χ0n) is 12.4. The molecular weight excluding hydrogens is 303 g/mol. The van der Waals surface area contributed by atoms with Crippen LogP contribution < -0.4 is 0 Å². The molecule has 0 N–H and O–H groups in total. The van der Waals surface area contributed by atoms with E-state index in [-0.39, 0.29) is 12.1 Å². The van der Waals surface area contributed by atoms with Gasteiger partial charge in [0.15, 0.2) is 17.5 Å². The summed E-state index contributed by atoms with van der Waals surface area (Å²) in [6.45, 7) is 4.16. The molecule has 0 saturated carbocycles. The van der Waals surface area contributed by atoms with Gasteiger partial charge in [0, 0.05) is 18.7 Å². The zero-order valence-corrected chi connectivity index (χ0v) is 12.4. The molecule has 1 amide bonds. The number of halogens is 3. The molecule has 2 aromatic rings. The number of benzene rings is 2. The minimum absolute atomic E-state index is 0.226. The van der Waals surface area contributed by atoms with Crippen LogP contribution in [0.15, 0.2) is 55.1 Å². The fourth-order valence-corrected chi connectivity index (χ4v) is 2.20. The second-order valence-corrected chi connectivity index (χ2v) is 5.03. The van der Waals surface area contributed by atoms with Gasteiger partial charge in [-0.1, -0.05) is 36.4 Å². The first kappa shape index (κ1) is 16.8. The van der Waals surface area contributed by atoms with E-state index in [1.807, 2.05) is 30.3 Å². The molecule has 120 valence electrons. The Morgan fingerprint density at radius 2 is 1.70 bits per heavy atom. The lowest BCUT2D eigenvalue weighted by molar-refractivity contribution is 0.0774. The van der Waals surface area contributed by atoms with Gasteiger partial charge in [-0.2, -0.15) is 0 Å². The monoisotopic (exact) mass is 319 g/mol. The van der Waals surface area contributed by atoms with Crippen molar-refractivity contribution in [2.24, 2.45) is 0 Å². The lowest BCUT2D eigenvalue weighted by atomic mass is 10.1. The topological polar surface area (TPSA) is 20.3 Å². The first-order valence-electron chi connectivity index (χ1n) is 7.11. The van der Waals surface area contributed by atoms with Gasteiger partial charge in [-0.05, 0) is 24.1 Å². The summed E-state index contributed by atoms with van der Waals surface area (Å²) in [6.07, 6.45) is 2.12. The second-order valence-electron chi connectivity index (χ2n) is 5.03. The van der Waals surface area contributed by atoms with Gasteiger partial charge in [0.1, 0.15) is 0 Å². The highest BCUT2D eigenvalue weighted by Crippen LogP contribution is 2.15. The van der Waals surface area contributed by atoms with E-state index in [2.05, 4.69) is 6.58 Å². The van der Waals surface area contributed by atoms with Gasteiger partial charge < -0.3 is 4.90 Å². The van der Waals surface area contributed by atoms with E-state index in [4.69, 9.17) is 0 Å². The summed E-state index contributed by atoms with van der Waals surface area (Å²) in [6, 6.07) is 10.9. The van der Waals surface area contributed by atoms with Crippen LogP contribution in [-0.4, -0.2) is 23.9 Å². The average molecular weight is 319 g/mol. The van der Waals surface area contributed by atoms with E-state index in [0.29, 0.717) is 25.1 Å². The molecule has 0 bridgehead atoms. The van der Waals surface area contributed by atoms with Crippen LogP contribution in [0, 0.1) is 17.5 Å². The third kappa shape index (κ3) is 4.22. The highest BCUT2D eigenvalue weighted by atomic mass is 19.2. The Hall–Kier alpha value is -2.56. The van der Waals surface area contributed by atoms with Crippen molar-refractivity contribution in [3.63, 3.8) is 0 Å². The maximum atomic E-state index is 13.3. The van der Waals surface area contributed by atoms with Crippen molar-refractivity contribution in [1.82, 2.24) is 4.90 Å². The highest BCUT2D eigenvalue weighted by molar-refractivity contribution is 5.94. The van der Waals surface area contributed by atoms with Crippen LogP contribution in [0.2, 0.25) is 0 Å². The Kier molecular flexibility index (Phi) is 5.57. The van der Waals surface area contributed by atoms with Crippen molar-refractivity contribution >= 4 is 5.91 Å². The standard InChI is InChI=1S/C18H16F3NO/c1-2-9-22(10-8-13-6-4-3-5-7-13)18(23)14-11-15(19)17(21)16(20)12-14/h2-7,11-12H,1,8-10H2. The smallest absolute Gasteiger partial charge is 0.254 e. The van der Waals surface area contributed by atoms with Crippen molar-refractivity contribution in [1.29, 1.82) is 0 Å². The summed E-state index contributed by atoms with van der Waals surface area (Å²) in [7, 11) is 0. The molecule has 0 radical (unpaired) electrons. The number of nitrogens with zero attached hydrogens (tertiary/aromatic N) is 1. The highest BCUT2D eigenvalue weighted by Gasteiger charge is 2.19. The average Bonchev–Trinajstić information content (AvgIpc) is 2.56. The van der Waals surface area contributed by atoms with Crippen LogP contribution in [0.1, 0.15) is 15.9 Å². The van der Waals surface area contributed by atoms with Gasteiger partial charge in [0.25, 0.3) is 5.91 Å². The third-order valence-electron chi connectivity index (χ3n) is 3.38. The minimum atomic E-state index is -1.58. The SMILES string of the molecule is C=CCN(CCc1ccccc1)C(=O)c1cc(F)c(F)c(F)c1. The van der Waals surface area contributed by atoms with Crippen LogP contribution >= 0.6 is 0 Å². The molecule has 0 fully saturated rings. The van der Waals surface area contributed by atoms with Crippen molar-refractivity contribution in [3.8, 4) is 0 Å². The van der Waals surface area contributed by atoms with Gasteiger partial charge in [-0.15, -0.1) is 6.58 Å². The van der Waals surface area contributed by atoms with Gasteiger partial charge in [-0.3, -0.25) is 4.79 Å². The summed E-state index contributed by atoms with van der Waals surface area (Å²) in [5.41, 5.74) is 0.808. The van der Waals surface area contributed by atoms with Crippen LogP contribution in [0.3, 0.4) is 0 Å². The molecule has 0 atom stereocenters. The summed E-state index contributed by atoms with van der Waals surface area (Å²) in [4.78, 5) is 13.8. The predicted molar refractivity (Wildman–Crippen MR) is 82.6 cm³/mol. The predicted octanol–water partition coefficient (Wildman–Crippen LogP) is 3.97. The molecule has 2 aromatic carbocycles. The zero-order chi connectivity index (χ0) is 16.8. The molecule has 5 heteroatoms. The lowest BCUT2D eigenvalue weighted by Crippen LogP contribution is -2.33. The first-order valence-corrected chi connectivity index (χ1v) is 7.11. The molecular formula is C18H16F3NO. The van der Waals surface area contributed by atoms with Crippen molar-refractivity contribution in [3.05, 3.63) is 83.7 Å². The molecule has 2 rings (SSSR count). The number of amides is 1.